The maximum atomic E-state index is 12.1. The number of rotatable bonds is 3. The Hall–Kier alpha value is -1.69. The first-order valence-corrected chi connectivity index (χ1v) is 7.66. The number of carbonyl (C=O) groups is 2. The van der Waals surface area contributed by atoms with Crippen LogP contribution in [0.4, 0.5) is 4.79 Å². The summed E-state index contributed by atoms with van der Waals surface area (Å²) >= 11 is 1.80. The van der Waals surface area contributed by atoms with E-state index in [0.717, 1.165) is 17.1 Å². The summed E-state index contributed by atoms with van der Waals surface area (Å²) in [7, 11) is 0. The molecule has 0 aliphatic carbocycles. The Balaban J connectivity index is 2.09. The molecule has 1 aliphatic heterocycles. The number of nitrogens with zero attached hydrogens (tertiary/aromatic N) is 1. The number of amides is 2. The van der Waals surface area contributed by atoms with Crippen LogP contribution in [0.2, 0.25) is 0 Å². The van der Waals surface area contributed by atoms with Gasteiger partial charge in [0.05, 0.1) is 0 Å². The van der Waals surface area contributed by atoms with Crippen LogP contribution in [0.25, 0.3) is 0 Å². The number of carbonyl (C=O) groups excluding carboxylic acids is 1. The molecule has 2 amide bonds. The van der Waals surface area contributed by atoms with E-state index < -0.39 is 12.0 Å². The van der Waals surface area contributed by atoms with Crippen molar-refractivity contribution in [2.45, 2.75) is 13.0 Å². The molecule has 1 aliphatic rings. The van der Waals surface area contributed by atoms with Gasteiger partial charge in [0.2, 0.25) is 0 Å². The van der Waals surface area contributed by atoms with E-state index in [1.165, 1.54) is 0 Å². The minimum absolute atomic E-state index is 0.306. The van der Waals surface area contributed by atoms with Crippen LogP contribution in [0.15, 0.2) is 24.3 Å². The van der Waals surface area contributed by atoms with Gasteiger partial charge in [-0.05, 0) is 12.5 Å². The van der Waals surface area contributed by atoms with Gasteiger partial charge in [-0.25, -0.2) is 9.59 Å². The molecule has 108 valence electrons. The topological polar surface area (TPSA) is 69.6 Å². The molecule has 0 saturated carbocycles. The fraction of sp³-hybridized carbons (Fsp3) is 0.429. The standard InChI is InChI=1S/C14H18N2O3S/c1-10-3-2-4-11(9-10)12(13(17)18)15-14(19)16-5-7-20-8-6-16/h2-4,9,12H,5-8H2,1H3,(H,15,19)(H,17,18)/t12-/m1/s1. The monoisotopic (exact) mass is 294 g/mol. The SMILES string of the molecule is Cc1cccc([C@@H](NC(=O)N2CCSCC2)C(=O)O)c1. The summed E-state index contributed by atoms with van der Waals surface area (Å²) < 4.78 is 0. The van der Waals surface area contributed by atoms with E-state index in [-0.39, 0.29) is 6.03 Å². The molecule has 1 saturated heterocycles. The van der Waals surface area contributed by atoms with Gasteiger partial charge in [-0.3, -0.25) is 0 Å². The Morgan fingerprint density at radius 3 is 2.65 bits per heavy atom. The van der Waals surface area contributed by atoms with Gasteiger partial charge in [0, 0.05) is 24.6 Å². The van der Waals surface area contributed by atoms with E-state index in [0.29, 0.717) is 18.7 Å². The lowest BCUT2D eigenvalue weighted by atomic mass is 10.0. The van der Waals surface area contributed by atoms with Gasteiger partial charge in [-0.2, -0.15) is 11.8 Å². The number of urea groups is 1. The van der Waals surface area contributed by atoms with Crippen LogP contribution in [-0.4, -0.2) is 46.6 Å². The van der Waals surface area contributed by atoms with Crippen molar-refractivity contribution >= 4 is 23.8 Å². The number of carboxylic acid groups (broad SMARTS) is 1. The lowest BCUT2D eigenvalue weighted by Crippen LogP contribution is -2.47. The van der Waals surface area contributed by atoms with E-state index >= 15 is 0 Å². The van der Waals surface area contributed by atoms with Gasteiger partial charge in [0.1, 0.15) is 0 Å². The zero-order valence-electron chi connectivity index (χ0n) is 11.3. The summed E-state index contributed by atoms with van der Waals surface area (Å²) in [5.41, 5.74) is 1.56. The number of thioether (sulfide) groups is 1. The third kappa shape index (κ3) is 3.66. The van der Waals surface area contributed by atoms with Crippen LogP contribution in [-0.2, 0) is 4.79 Å². The molecule has 1 atom stereocenters. The second kappa shape index (κ2) is 6.65. The zero-order chi connectivity index (χ0) is 14.5. The predicted molar refractivity (Wildman–Crippen MR) is 79.0 cm³/mol. The molecule has 2 N–H and O–H groups in total. The van der Waals surface area contributed by atoms with Gasteiger partial charge in [0.15, 0.2) is 6.04 Å². The molecule has 0 aromatic heterocycles. The first kappa shape index (κ1) is 14.7. The van der Waals surface area contributed by atoms with Crippen molar-refractivity contribution in [1.29, 1.82) is 0 Å². The van der Waals surface area contributed by atoms with Crippen molar-refractivity contribution in [2.75, 3.05) is 24.6 Å². The molecule has 5 nitrogen and oxygen atoms in total. The summed E-state index contributed by atoms with van der Waals surface area (Å²) in [5, 5.41) is 11.9. The Bertz CT molecular complexity index is 501. The van der Waals surface area contributed by atoms with Crippen molar-refractivity contribution in [2.24, 2.45) is 0 Å². The zero-order valence-corrected chi connectivity index (χ0v) is 12.2. The third-order valence-electron chi connectivity index (χ3n) is 3.19. The average molecular weight is 294 g/mol. The van der Waals surface area contributed by atoms with Gasteiger partial charge < -0.3 is 15.3 Å². The number of aliphatic carboxylic acids is 1. The number of benzene rings is 1. The Kier molecular flexibility index (Phi) is 4.89. The summed E-state index contributed by atoms with van der Waals surface area (Å²) in [6, 6.07) is 5.88. The highest BCUT2D eigenvalue weighted by molar-refractivity contribution is 7.99. The number of aryl methyl sites for hydroxylation is 1. The van der Waals surface area contributed by atoms with Crippen molar-refractivity contribution in [3.05, 3.63) is 35.4 Å². The number of hydrogen-bond acceptors (Lipinski definition) is 3. The smallest absolute Gasteiger partial charge is 0.330 e. The predicted octanol–water partition coefficient (Wildman–Crippen LogP) is 1.88. The van der Waals surface area contributed by atoms with Gasteiger partial charge >= 0.3 is 12.0 Å². The molecule has 0 unspecified atom stereocenters. The van der Waals surface area contributed by atoms with Crippen molar-refractivity contribution in [3.63, 3.8) is 0 Å². The van der Waals surface area contributed by atoms with E-state index in [2.05, 4.69) is 5.32 Å². The van der Waals surface area contributed by atoms with Crippen LogP contribution in [0, 0.1) is 6.92 Å². The summed E-state index contributed by atoms with van der Waals surface area (Å²) in [6.07, 6.45) is 0. The summed E-state index contributed by atoms with van der Waals surface area (Å²) in [5.74, 6) is 0.751. The molecular formula is C14H18N2O3S. The quantitative estimate of drug-likeness (QED) is 0.893. The molecule has 0 radical (unpaired) electrons. The molecule has 1 aromatic rings. The molecule has 1 heterocycles. The average Bonchev–Trinajstić information content (AvgIpc) is 2.45. The first-order valence-electron chi connectivity index (χ1n) is 6.50. The van der Waals surface area contributed by atoms with E-state index in [4.69, 9.17) is 0 Å². The Labute approximate surface area is 122 Å². The molecule has 2 rings (SSSR count). The Morgan fingerprint density at radius 1 is 1.35 bits per heavy atom. The molecular weight excluding hydrogens is 276 g/mol. The summed E-state index contributed by atoms with van der Waals surface area (Å²) in [4.78, 5) is 25.2. The third-order valence-corrected chi connectivity index (χ3v) is 4.13. The van der Waals surface area contributed by atoms with Crippen LogP contribution in [0.5, 0.6) is 0 Å². The summed E-state index contributed by atoms with van der Waals surface area (Å²) in [6.45, 7) is 3.22. The van der Waals surface area contributed by atoms with Gasteiger partial charge in [0.25, 0.3) is 0 Å². The first-order chi connectivity index (χ1) is 9.58. The molecule has 0 spiro atoms. The highest BCUT2D eigenvalue weighted by Crippen LogP contribution is 2.16. The lowest BCUT2D eigenvalue weighted by molar-refractivity contribution is -0.139. The maximum absolute atomic E-state index is 12.1. The molecule has 1 fully saturated rings. The molecule has 20 heavy (non-hydrogen) atoms. The second-order valence-corrected chi connectivity index (χ2v) is 5.96. The minimum Gasteiger partial charge on any atom is -0.479 e. The molecule has 0 bridgehead atoms. The second-order valence-electron chi connectivity index (χ2n) is 4.73. The van der Waals surface area contributed by atoms with E-state index in [9.17, 15) is 14.7 Å². The normalized spacial score (nSPS) is 16.6. The highest BCUT2D eigenvalue weighted by Gasteiger charge is 2.25. The van der Waals surface area contributed by atoms with E-state index in [1.807, 2.05) is 13.0 Å². The van der Waals surface area contributed by atoms with Crippen LogP contribution >= 0.6 is 11.8 Å². The van der Waals surface area contributed by atoms with Gasteiger partial charge in [-0.1, -0.05) is 29.8 Å². The largest absolute Gasteiger partial charge is 0.479 e. The van der Waals surface area contributed by atoms with Crippen LogP contribution in [0.3, 0.4) is 0 Å². The lowest BCUT2D eigenvalue weighted by Gasteiger charge is -2.28. The number of nitrogens with one attached hydrogen (secondary N) is 1. The van der Waals surface area contributed by atoms with Crippen molar-refractivity contribution < 1.29 is 14.7 Å². The molecule has 1 aromatic carbocycles. The highest BCUT2D eigenvalue weighted by atomic mass is 32.2. The van der Waals surface area contributed by atoms with Crippen molar-refractivity contribution in [1.82, 2.24) is 10.2 Å². The van der Waals surface area contributed by atoms with E-state index in [1.54, 1.807) is 34.9 Å². The van der Waals surface area contributed by atoms with Crippen LogP contribution in [0.1, 0.15) is 17.2 Å². The molecule has 6 heteroatoms. The van der Waals surface area contributed by atoms with Crippen LogP contribution < -0.4 is 5.32 Å². The van der Waals surface area contributed by atoms with Crippen molar-refractivity contribution in [3.8, 4) is 0 Å². The fourth-order valence-corrected chi connectivity index (χ4v) is 3.02. The number of hydrogen-bond donors (Lipinski definition) is 2. The number of carboxylic acids is 1. The minimum atomic E-state index is -1.05. The maximum Gasteiger partial charge on any atom is 0.330 e. The fourth-order valence-electron chi connectivity index (χ4n) is 2.12. The Morgan fingerprint density at radius 2 is 2.05 bits per heavy atom. The van der Waals surface area contributed by atoms with Gasteiger partial charge in [-0.15, -0.1) is 0 Å².